The summed E-state index contributed by atoms with van der Waals surface area (Å²) in [7, 11) is -0.599. The van der Waals surface area contributed by atoms with Crippen LogP contribution >= 0.6 is 23.2 Å². The summed E-state index contributed by atoms with van der Waals surface area (Å²) in [5, 5.41) is -0.0818. The molecule has 0 aliphatic heterocycles. The molecule has 1 aromatic carbocycles. The molecule has 0 aliphatic carbocycles. The Balaban J connectivity index is 2.51. The van der Waals surface area contributed by atoms with Gasteiger partial charge in [-0.25, -0.2) is 14.8 Å². The van der Waals surface area contributed by atoms with Gasteiger partial charge in [-0.05, 0) is 43.3 Å². The summed E-state index contributed by atoms with van der Waals surface area (Å²) in [6.45, 7) is 20.4. The largest absolute Gasteiger partial charge is 0.508 e. The van der Waals surface area contributed by atoms with Crippen LogP contribution in [0.4, 0.5) is 11.4 Å². The molecule has 0 bridgehead atoms. The number of hydrogen-bond donors (Lipinski definition) is 0. The van der Waals surface area contributed by atoms with Crippen molar-refractivity contribution in [1.82, 2.24) is 9.97 Å². The third kappa shape index (κ3) is 5.78. The molecule has 172 valence electrons. The van der Waals surface area contributed by atoms with Crippen LogP contribution in [0.2, 0.25) is 28.4 Å². The Labute approximate surface area is 200 Å². The Morgan fingerprint density at radius 3 is 2.34 bits per heavy atom. The lowest BCUT2D eigenvalue weighted by Gasteiger charge is -2.39. The van der Waals surface area contributed by atoms with Gasteiger partial charge in [0.25, 0.3) is 5.91 Å². The Hall–Kier alpha value is -2.18. The van der Waals surface area contributed by atoms with E-state index in [1.54, 1.807) is 18.2 Å². The minimum atomic E-state index is -2.09. The summed E-state index contributed by atoms with van der Waals surface area (Å²) < 4.78 is 11.7. The van der Waals surface area contributed by atoms with E-state index in [4.69, 9.17) is 38.9 Å². The maximum atomic E-state index is 13.6. The molecule has 1 amide bonds. The lowest BCUT2D eigenvalue weighted by atomic mass is 10.2. The number of hydrogen-bond acceptors (Lipinski definition) is 5. The van der Waals surface area contributed by atoms with Crippen LogP contribution in [0.15, 0.2) is 24.5 Å². The average Bonchev–Trinajstić information content (AvgIpc) is 2.70. The maximum Gasteiger partial charge on any atom is 0.264 e. The molecule has 32 heavy (non-hydrogen) atoms. The van der Waals surface area contributed by atoms with Crippen LogP contribution in [0, 0.1) is 6.57 Å². The van der Waals surface area contributed by atoms with Gasteiger partial charge in [-0.2, -0.15) is 0 Å². The average molecular weight is 495 g/mol. The molecule has 2 aromatic rings. The van der Waals surface area contributed by atoms with Gasteiger partial charge in [0.15, 0.2) is 8.32 Å². The molecule has 0 saturated carbocycles. The minimum Gasteiger partial charge on any atom is -0.508 e. The molecule has 0 aliphatic rings. The van der Waals surface area contributed by atoms with E-state index in [1.807, 2.05) is 6.92 Å². The second kappa shape index (κ2) is 10.2. The third-order valence-corrected chi connectivity index (χ3v) is 10.7. The van der Waals surface area contributed by atoms with E-state index in [9.17, 15) is 4.79 Å². The highest BCUT2D eigenvalue weighted by atomic mass is 35.5. The smallest absolute Gasteiger partial charge is 0.264 e. The molecule has 1 aromatic heterocycles. The number of aromatic nitrogens is 2. The highest BCUT2D eigenvalue weighted by Gasteiger charge is 2.39. The van der Waals surface area contributed by atoms with Crippen molar-refractivity contribution < 1.29 is 14.0 Å². The Morgan fingerprint density at radius 1 is 1.25 bits per heavy atom. The second-order valence-corrected chi connectivity index (χ2v) is 14.4. The molecule has 0 saturated heterocycles. The van der Waals surface area contributed by atoms with Crippen LogP contribution in [0.25, 0.3) is 4.85 Å². The van der Waals surface area contributed by atoms with E-state index in [-0.39, 0.29) is 39.2 Å². The minimum absolute atomic E-state index is 0.00413. The van der Waals surface area contributed by atoms with Crippen molar-refractivity contribution >= 4 is 48.8 Å². The topological polar surface area (TPSA) is 68.9 Å². The van der Waals surface area contributed by atoms with E-state index in [1.165, 1.54) is 18.3 Å². The van der Waals surface area contributed by atoms with Crippen molar-refractivity contribution in [2.75, 3.05) is 18.6 Å². The fourth-order valence-corrected chi connectivity index (χ4v) is 4.78. The monoisotopic (exact) mass is 494 g/mol. The number of anilines is 1. The van der Waals surface area contributed by atoms with Crippen LogP contribution in [0.1, 0.15) is 38.1 Å². The number of rotatable bonds is 7. The number of carbonyl (C=O) groups is 1. The van der Waals surface area contributed by atoms with Gasteiger partial charge in [0, 0.05) is 5.69 Å². The lowest BCUT2D eigenvalue weighted by Crippen LogP contribution is -2.47. The van der Waals surface area contributed by atoms with Gasteiger partial charge in [0.2, 0.25) is 5.69 Å². The quantitative estimate of drug-likeness (QED) is 0.253. The first-order chi connectivity index (χ1) is 14.8. The molecular formula is C22H28Cl2N4O3Si. The van der Waals surface area contributed by atoms with Gasteiger partial charge < -0.3 is 14.1 Å². The molecule has 0 spiro atoms. The third-order valence-electron chi connectivity index (χ3n) is 5.55. The van der Waals surface area contributed by atoms with E-state index < -0.39 is 14.2 Å². The van der Waals surface area contributed by atoms with Gasteiger partial charge in [-0.1, -0.05) is 44.0 Å². The molecule has 1 atom stereocenters. The summed E-state index contributed by atoms with van der Waals surface area (Å²) in [6.07, 6.45) is 0.903. The molecule has 0 radical (unpaired) electrons. The van der Waals surface area contributed by atoms with Crippen molar-refractivity contribution in [2.24, 2.45) is 0 Å². The summed E-state index contributed by atoms with van der Waals surface area (Å²) in [4.78, 5) is 26.4. The van der Waals surface area contributed by atoms with Crippen molar-refractivity contribution in [3.05, 3.63) is 51.8 Å². The fraction of sp³-hybridized carbons (Fsp3) is 0.455. The Bertz CT molecular complexity index is 1010. The molecule has 0 N–H and O–H groups in total. The SMILES string of the molecule is [C-]#[N+]c1cc(N(C[C@@H](C)O[Si](C)(C)C(C)(C)C)C(=O)c2c(Cl)ncnc2Cl)ccc1OC. The van der Waals surface area contributed by atoms with Crippen molar-refractivity contribution in [2.45, 2.75) is 51.9 Å². The number of halogens is 2. The highest BCUT2D eigenvalue weighted by molar-refractivity contribution is 6.74. The fourth-order valence-electron chi connectivity index (χ4n) is 2.87. The summed E-state index contributed by atoms with van der Waals surface area (Å²) in [6, 6.07) is 4.94. The summed E-state index contributed by atoms with van der Waals surface area (Å²) in [5.41, 5.74) is 0.765. The molecule has 2 rings (SSSR count). The van der Waals surface area contributed by atoms with Crippen LogP contribution in [0.5, 0.6) is 5.75 Å². The molecular weight excluding hydrogens is 467 g/mol. The van der Waals surface area contributed by atoms with E-state index in [0.29, 0.717) is 11.4 Å². The molecule has 0 fully saturated rings. The van der Waals surface area contributed by atoms with Crippen LogP contribution in [-0.2, 0) is 4.43 Å². The van der Waals surface area contributed by atoms with Gasteiger partial charge in [0.1, 0.15) is 27.9 Å². The molecule has 7 nitrogen and oxygen atoms in total. The molecule has 1 heterocycles. The van der Waals surface area contributed by atoms with Gasteiger partial charge in [0.05, 0.1) is 26.3 Å². The van der Waals surface area contributed by atoms with Gasteiger partial charge in [-0.3, -0.25) is 4.79 Å². The molecule has 0 unspecified atom stereocenters. The van der Waals surface area contributed by atoms with Crippen LogP contribution in [0.3, 0.4) is 0 Å². The Kier molecular flexibility index (Phi) is 8.29. The van der Waals surface area contributed by atoms with E-state index in [0.717, 1.165) is 0 Å². The maximum absolute atomic E-state index is 13.6. The van der Waals surface area contributed by atoms with E-state index >= 15 is 0 Å². The van der Waals surface area contributed by atoms with Crippen molar-refractivity contribution in [1.29, 1.82) is 0 Å². The highest BCUT2D eigenvalue weighted by Crippen LogP contribution is 2.38. The van der Waals surface area contributed by atoms with Gasteiger partial charge >= 0.3 is 0 Å². The number of methoxy groups -OCH3 is 1. The van der Waals surface area contributed by atoms with Crippen molar-refractivity contribution in [3.63, 3.8) is 0 Å². The number of nitrogens with zero attached hydrogens (tertiary/aromatic N) is 4. The van der Waals surface area contributed by atoms with Crippen molar-refractivity contribution in [3.8, 4) is 5.75 Å². The number of benzene rings is 1. The van der Waals surface area contributed by atoms with Gasteiger partial charge in [-0.15, -0.1) is 0 Å². The first-order valence-electron chi connectivity index (χ1n) is 10.0. The summed E-state index contributed by atoms with van der Waals surface area (Å²) >= 11 is 12.4. The first-order valence-corrected chi connectivity index (χ1v) is 13.7. The van der Waals surface area contributed by atoms with Crippen LogP contribution < -0.4 is 9.64 Å². The zero-order valence-corrected chi connectivity index (χ0v) is 21.9. The Morgan fingerprint density at radius 2 is 1.84 bits per heavy atom. The normalized spacial score (nSPS) is 12.8. The summed E-state index contributed by atoms with van der Waals surface area (Å²) in [5.74, 6) is -0.0618. The number of amides is 1. The second-order valence-electron chi connectivity index (χ2n) is 8.90. The predicted molar refractivity (Wildman–Crippen MR) is 131 cm³/mol. The lowest BCUT2D eigenvalue weighted by molar-refractivity contribution is 0.0969. The van der Waals surface area contributed by atoms with Crippen LogP contribution in [-0.4, -0.2) is 44.0 Å². The standard InChI is InChI=1S/C22H28Cl2N4O3Si/c1-14(31-32(7,8)22(2,3)4)12-28(15-9-10-17(30-6)16(11-15)25-5)21(29)18-19(23)26-13-27-20(18)24/h9-11,13-14H,12H2,1-4,6-8H3/t14-/m1/s1. The number of carbonyl (C=O) groups excluding carboxylic acids is 1. The zero-order chi connectivity index (χ0) is 24.3. The first kappa shape index (κ1) is 26.1. The molecule has 10 heteroatoms. The zero-order valence-electron chi connectivity index (χ0n) is 19.4. The number of ether oxygens (including phenoxy) is 1. The predicted octanol–water partition coefficient (Wildman–Crippen LogP) is 6.40. The van der Waals surface area contributed by atoms with E-state index in [2.05, 4.69) is 48.7 Å².